The third-order valence-electron chi connectivity index (χ3n) is 5.81. The fraction of sp³-hybridized carbons (Fsp3) is 0.458. The minimum atomic E-state index is -0.243. The summed E-state index contributed by atoms with van der Waals surface area (Å²) in [7, 11) is 0. The normalized spacial score (nSPS) is 21.1. The second kappa shape index (κ2) is 10.3. The van der Waals surface area contributed by atoms with Crippen LogP contribution in [-0.4, -0.2) is 72.6 Å². The van der Waals surface area contributed by atoms with E-state index in [1.165, 1.54) is 0 Å². The van der Waals surface area contributed by atoms with E-state index >= 15 is 0 Å². The first kappa shape index (κ1) is 20.5. The zero-order valence-corrected chi connectivity index (χ0v) is 17.7. The quantitative estimate of drug-likeness (QED) is 0.756. The molecule has 0 radical (unpaired) electrons. The third kappa shape index (κ3) is 5.21. The number of nitrogens with zero attached hydrogens (tertiary/aromatic N) is 2. The highest BCUT2D eigenvalue weighted by Crippen LogP contribution is 2.29. The van der Waals surface area contributed by atoms with E-state index < -0.39 is 0 Å². The van der Waals surface area contributed by atoms with Gasteiger partial charge in [-0.1, -0.05) is 60.7 Å². The minimum Gasteiger partial charge on any atom is -0.379 e. The highest BCUT2D eigenvalue weighted by Gasteiger charge is 2.33. The van der Waals surface area contributed by atoms with Gasteiger partial charge in [-0.2, -0.15) is 11.8 Å². The zero-order chi connectivity index (χ0) is 19.9. The van der Waals surface area contributed by atoms with Gasteiger partial charge in [-0.05, 0) is 23.3 Å². The van der Waals surface area contributed by atoms with Crippen LogP contribution in [0.1, 0.15) is 23.5 Å². The highest BCUT2D eigenvalue weighted by molar-refractivity contribution is 7.99. The Labute approximate surface area is 178 Å². The predicted molar refractivity (Wildman–Crippen MR) is 119 cm³/mol. The van der Waals surface area contributed by atoms with Crippen LogP contribution in [0.5, 0.6) is 0 Å². The van der Waals surface area contributed by atoms with Crippen molar-refractivity contribution in [3.8, 4) is 0 Å². The Morgan fingerprint density at radius 1 is 0.966 bits per heavy atom. The van der Waals surface area contributed by atoms with Crippen molar-refractivity contribution in [3.63, 3.8) is 0 Å². The van der Waals surface area contributed by atoms with Gasteiger partial charge in [-0.3, -0.25) is 9.69 Å². The van der Waals surface area contributed by atoms with Gasteiger partial charge in [-0.15, -0.1) is 0 Å². The lowest BCUT2D eigenvalue weighted by Gasteiger charge is -2.37. The summed E-state index contributed by atoms with van der Waals surface area (Å²) in [6.45, 7) is 5.30. The highest BCUT2D eigenvalue weighted by atomic mass is 32.2. The average molecular weight is 411 g/mol. The van der Waals surface area contributed by atoms with Crippen molar-refractivity contribution >= 4 is 17.7 Å². The molecule has 2 heterocycles. The molecule has 0 aliphatic carbocycles. The van der Waals surface area contributed by atoms with Crippen molar-refractivity contribution < 1.29 is 9.53 Å². The first-order valence-corrected chi connectivity index (χ1v) is 11.8. The summed E-state index contributed by atoms with van der Waals surface area (Å²) >= 11 is 1.99. The van der Waals surface area contributed by atoms with E-state index in [4.69, 9.17) is 4.74 Å². The van der Waals surface area contributed by atoms with Crippen LogP contribution in [0.15, 0.2) is 60.7 Å². The molecule has 1 atom stereocenters. The molecule has 2 aliphatic rings. The lowest BCUT2D eigenvalue weighted by atomic mass is 9.89. The molecule has 0 bridgehead atoms. The maximum Gasteiger partial charge on any atom is 0.234 e. The molecule has 2 aromatic rings. The lowest BCUT2D eigenvalue weighted by molar-refractivity contribution is -0.134. The molecule has 2 aliphatic heterocycles. The number of ether oxygens (including phenoxy) is 1. The predicted octanol–water partition coefficient (Wildman–Crippen LogP) is 3.48. The van der Waals surface area contributed by atoms with Crippen LogP contribution in [0.2, 0.25) is 0 Å². The van der Waals surface area contributed by atoms with Gasteiger partial charge in [0.1, 0.15) is 0 Å². The molecular formula is C24H30N2O2S. The molecule has 5 heteroatoms. The molecule has 4 rings (SSSR count). The Morgan fingerprint density at radius 3 is 2.21 bits per heavy atom. The summed E-state index contributed by atoms with van der Waals surface area (Å²) in [5, 5.41) is 0. The first-order valence-electron chi connectivity index (χ1n) is 10.6. The number of amides is 1. The molecule has 2 aromatic carbocycles. The van der Waals surface area contributed by atoms with Crippen LogP contribution in [0, 0.1) is 0 Å². The summed E-state index contributed by atoms with van der Waals surface area (Å²) in [5.41, 5.74) is 2.15. The molecule has 0 aromatic heterocycles. The number of carbonyl (C=O) groups excluding carboxylic acids is 1. The van der Waals surface area contributed by atoms with Gasteiger partial charge < -0.3 is 9.64 Å². The number of hydrogen-bond donors (Lipinski definition) is 0. The van der Waals surface area contributed by atoms with E-state index in [1.807, 2.05) is 48.2 Å². The van der Waals surface area contributed by atoms with Gasteiger partial charge in [0.05, 0.1) is 25.2 Å². The van der Waals surface area contributed by atoms with E-state index in [2.05, 4.69) is 34.1 Å². The fourth-order valence-corrected chi connectivity index (χ4v) is 5.34. The van der Waals surface area contributed by atoms with Crippen LogP contribution >= 0.6 is 11.8 Å². The summed E-state index contributed by atoms with van der Waals surface area (Å²) in [6, 6.07) is 20.7. The standard InChI is InChI=1S/C24H30N2O2S/c27-24(23(20-8-3-1-4-9-20)21-10-5-2-6-11-21)26-12-7-17-29-19-22(26)18-25-13-15-28-16-14-25/h1-6,8-11,22-23H,7,12-19H2. The number of rotatable bonds is 5. The van der Waals surface area contributed by atoms with Crippen molar-refractivity contribution in [2.75, 3.05) is 50.9 Å². The van der Waals surface area contributed by atoms with Crippen LogP contribution in [0.25, 0.3) is 0 Å². The van der Waals surface area contributed by atoms with Crippen molar-refractivity contribution in [2.45, 2.75) is 18.4 Å². The lowest BCUT2D eigenvalue weighted by Crippen LogP contribution is -2.51. The van der Waals surface area contributed by atoms with E-state index in [0.717, 1.165) is 68.4 Å². The largest absolute Gasteiger partial charge is 0.379 e. The van der Waals surface area contributed by atoms with Gasteiger partial charge in [-0.25, -0.2) is 0 Å². The molecule has 0 spiro atoms. The molecule has 0 N–H and O–H groups in total. The van der Waals surface area contributed by atoms with Crippen molar-refractivity contribution in [3.05, 3.63) is 71.8 Å². The van der Waals surface area contributed by atoms with Gasteiger partial charge in [0, 0.05) is 31.9 Å². The van der Waals surface area contributed by atoms with Crippen LogP contribution in [0.4, 0.5) is 0 Å². The summed E-state index contributed by atoms with van der Waals surface area (Å²) in [5.74, 6) is 2.14. The van der Waals surface area contributed by atoms with Gasteiger partial charge in [0.15, 0.2) is 0 Å². The monoisotopic (exact) mass is 410 g/mol. The summed E-state index contributed by atoms with van der Waals surface area (Å²) < 4.78 is 5.51. The van der Waals surface area contributed by atoms with Gasteiger partial charge >= 0.3 is 0 Å². The topological polar surface area (TPSA) is 32.8 Å². The molecule has 1 amide bonds. The minimum absolute atomic E-state index is 0.239. The molecule has 2 fully saturated rings. The van der Waals surface area contributed by atoms with E-state index in [0.29, 0.717) is 0 Å². The van der Waals surface area contributed by atoms with Crippen LogP contribution in [-0.2, 0) is 9.53 Å². The SMILES string of the molecule is O=C(C(c1ccccc1)c1ccccc1)N1CCCSCC1CN1CCOCC1. The van der Waals surface area contributed by atoms with Crippen LogP contribution in [0.3, 0.4) is 0 Å². The average Bonchev–Trinajstić information content (AvgIpc) is 3.01. The number of morpholine rings is 1. The number of hydrogen-bond acceptors (Lipinski definition) is 4. The maximum atomic E-state index is 14.0. The van der Waals surface area contributed by atoms with Crippen molar-refractivity contribution in [1.82, 2.24) is 9.80 Å². The Morgan fingerprint density at radius 2 is 1.59 bits per heavy atom. The second-order valence-corrected chi connectivity index (χ2v) is 8.93. The summed E-state index contributed by atoms with van der Waals surface area (Å²) in [4.78, 5) is 18.6. The number of carbonyl (C=O) groups is 1. The molecule has 0 saturated carbocycles. The summed E-state index contributed by atoms with van der Waals surface area (Å²) in [6.07, 6.45) is 1.06. The molecule has 2 saturated heterocycles. The Hall–Kier alpha value is -1.82. The molecule has 4 nitrogen and oxygen atoms in total. The zero-order valence-electron chi connectivity index (χ0n) is 16.9. The number of benzene rings is 2. The van der Waals surface area contributed by atoms with Crippen molar-refractivity contribution in [1.29, 1.82) is 0 Å². The van der Waals surface area contributed by atoms with E-state index in [1.54, 1.807) is 0 Å². The smallest absolute Gasteiger partial charge is 0.234 e. The van der Waals surface area contributed by atoms with Crippen molar-refractivity contribution in [2.24, 2.45) is 0 Å². The van der Waals surface area contributed by atoms with Gasteiger partial charge in [0.25, 0.3) is 0 Å². The molecular weight excluding hydrogens is 380 g/mol. The van der Waals surface area contributed by atoms with E-state index in [-0.39, 0.29) is 17.9 Å². The Kier molecular flexibility index (Phi) is 7.25. The first-order chi connectivity index (χ1) is 14.3. The Balaban J connectivity index is 1.61. The van der Waals surface area contributed by atoms with E-state index in [9.17, 15) is 4.79 Å². The van der Waals surface area contributed by atoms with Crippen LogP contribution < -0.4 is 0 Å². The number of thioether (sulfide) groups is 1. The molecule has 29 heavy (non-hydrogen) atoms. The second-order valence-electron chi connectivity index (χ2n) is 7.78. The van der Waals surface area contributed by atoms with Gasteiger partial charge in [0.2, 0.25) is 5.91 Å². The third-order valence-corrected chi connectivity index (χ3v) is 7.01. The molecule has 154 valence electrons. The maximum absolute atomic E-state index is 14.0. The Bertz CT molecular complexity index is 725. The molecule has 1 unspecified atom stereocenters. The fourth-order valence-electron chi connectivity index (χ4n) is 4.29.